The molecule has 0 aliphatic carbocycles. The van der Waals surface area contributed by atoms with Gasteiger partial charge in [0.25, 0.3) is 5.56 Å². The lowest BCUT2D eigenvalue weighted by molar-refractivity contribution is -0.137. The van der Waals surface area contributed by atoms with E-state index in [1.165, 1.54) is 10.6 Å². The Morgan fingerprint density at radius 3 is 2.52 bits per heavy atom. The van der Waals surface area contributed by atoms with Gasteiger partial charge in [0.15, 0.2) is 0 Å². The van der Waals surface area contributed by atoms with Crippen LogP contribution in [0.15, 0.2) is 65.5 Å². The van der Waals surface area contributed by atoms with Crippen LogP contribution in [-0.4, -0.2) is 15.6 Å². The van der Waals surface area contributed by atoms with Crippen LogP contribution in [0.2, 0.25) is 0 Å². The number of nitrogens with zero attached hydrogens (tertiary/aromatic N) is 1. The number of benzene rings is 2. The van der Waals surface area contributed by atoms with Gasteiger partial charge in [-0.2, -0.15) is 0 Å². The Kier molecular flexibility index (Phi) is 4.10. The Morgan fingerprint density at radius 2 is 1.78 bits per heavy atom. The summed E-state index contributed by atoms with van der Waals surface area (Å²) in [5, 5.41) is 9.81. The highest BCUT2D eigenvalue weighted by Crippen LogP contribution is 2.25. The Hall–Kier alpha value is -3.08. The fraction of sp³-hybridized carbons (Fsp3) is 0.111. The highest BCUT2D eigenvalue weighted by atomic mass is 16.5. The van der Waals surface area contributed by atoms with Crippen LogP contribution in [0.25, 0.3) is 10.9 Å². The van der Waals surface area contributed by atoms with Crippen molar-refractivity contribution < 1.29 is 14.6 Å². The third kappa shape index (κ3) is 3.23. The second-order valence-corrected chi connectivity index (χ2v) is 5.12. The molecule has 0 radical (unpaired) electrons. The van der Waals surface area contributed by atoms with Gasteiger partial charge in [0.05, 0.1) is 5.52 Å². The minimum Gasteiger partial charge on any atom is -0.487 e. The van der Waals surface area contributed by atoms with Gasteiger partial charge in [-0.15, -0.1) is 0 Å². The summed E-state index contributed by atoms with van der Waals surface area (Å²) in [6.07, 6.45) is 0. The lowest BCUT2D eigenvalue weighted by atomic mass is 10.2. The van der Waals surface area contributed by atoms with E-state index in [9.17, 15) is 9.59 Å². The van der Waals surface area contributed by atoms with Crippen molar-refractivity contribution in [3.8, 4) is 5.75 Å². The van der Waals surface area contributed by atoms with Crippen LogP contribution in [-0.2, 0) is 17.9 Å². The predicted octanol–water partition coefficient (Wildman–Crippen LogP) is 2.67. The molecule has 0 amide bonds. The van der Waals surface area contributed by atoms with Gasteiger partial charge < -0.3 is 9.84 Å². The van der Waals surface area contributed by atoms with Gasteiger partial charge in [-0.3, -0.25) is 14.2 Å². The van der Waals surface area contributed by atoms with E-state index in [4.69, 9.17) is 9.84 Å². The largest absolute Gasteiger partial charge is 0.487 e. The number of aliphatic carboxylic acids is 1. The molecule has 3 rings (SSSR count). The quantitative estimate of drug-likeness (QED) is 0.786. The molecule has 0 unspecified atom stereocenters. The van der Waals surface area contributed by atoms with Gasteiger partial charge in [0.1, 0.15) is 18.9 Å². The number of carboxylic acids is 1. The number of hydrogen-bond donors (Lipinski definition) is 1. The second-order valence-electron chi connectivity index (χ2n) is 5.12. The number of fused-ring (bicyclic) bond motifs is 1. The van der Waals surface area contributed by atoms with Gasteiger partial charge >= 0.3 is 5.97 Å². The first-order valence-corrected chi connectivity index (χ1v) is 7.16. The average Bonchev–Trinajstić information content (AvgIpc) is 2.56. The van der Waals surface area contributed by atoms with E-state index in [2.05, 4.69) is 0 Å². The minimum absolute atomic E-state index is 0.343. The SMILES string of the molecule is O=C(O)Cn1c(=O)ccc2cccc(OCc3ccccc3)c21. The summed E-state index contributed by atoms with van der Waals surface area (Å²) >= 11 is 0. The predicted molar refractivity (Wildman–Crippen MR) is 86.6 cm³/mol. The van der Waals surface area contributed by atoms with Gasteiger partial charge in [-0.25, -0.2) is 0 Å². The van der Waals surface area contributed by atoms with Gasteiger partial charge in [0.2, 0.25) is 0 Å². The van der Waals surface area contributed by atoms with Crippen LogP contribution in [0.5, 0.6) is 5.75 Å². The summed E-state index contributed by atoms with van der Waals surface area (Å²) in [6.45, 7) is -0.0575. The first-order valence-electron chi connectivity index (χ1n) is 7.16. The van der Waals surface area contributed by atoms with Crippen LogP contribution < -0.4 is 10.3 Å². The van der Waals surface area contributed by atoms with Gasteiger partial charge in [-0.1, -0.05) is 42.5 Å². The minimum atomic E-state index is -1.07. The molecule has 0 aliphatic heterocycles. The van der Waals surface area contributed by atoms with Crippen molar-refractivity contribution in [1.29, 1.82) is 0 Å². The molecule has 0 spiro atoms. The van der Waals surface area contributed by atoms with E-state index in [1.54, 1.807) is 12.1 Å². The average molecular weight is 309 g/mol. The third-order valence-electron chi connectivity index (χ3n) is 3.50. The molecular formula is C18H15NO4. The molecule has 5 nitrogen and oxygen atoms in total. The molecule has 1 N–H and O–H groups in total. The molecule has 3 aromatic rings. The van der Waals surface area contributed by atoms with E-state index < -0.39 is 12.5 Å². The highest BCUT2D eigenvalue weighted by molar-refractivity contribution is 5.86. The zero-order valence-corrected chi connectivity index (χ0v) is 12.3. The molecule has 1 heterocycles. The molecule has 0 fully saturated rings. The molecule has 0 aliphatic rings. The van der Waals surface area contributed by atoms with Crippen molar-refractivity contribution in [2.24, 2.45) is 0 Å². The monoisotopic (exact) mass is 309 g/mol. The lowest BCUT2D eigenvalue weighted by Gasteiger charge is -2.13. The number of para-hydroxylation sites is 1. The molecule has 0 saturated carbocycles. The van der Waals surface area contributed by atoms with Crippen LogP contribution in [0.3, 0.4) is 0 Å². The molecule has 116 valence electrons. The topological polar surface area (TPSA) is 68.5 Å². The van der Waals surface area contributed by atoms with Crippen molar-refractivity contribution in [1.82, 2.24) is 4.57 Å². The van der Waals surface area contributed by atoms with Crippen LogP contribution in [0, 0.1) is 0 Å². The number of ether oxygens (including phenoxy) is 1. The molecule has 1 aromatic heterocycles. The molecular weight excluding hydrogens is 294 g/mol. The Bertz CT molecular complexity index is 900. The highest BCUT2D eigenvalue weighted by Gasteiger charge is 2.11. The molecule has 23 heavy (non-hydrogen) atoms. The summed E-state index contributed by atoms with van der Waals surface area (Å²) in [6, 6.07) is 18.1. The van der Waals surface area contributed by atoms with Crippen molar-refractivity contribution in [3.63, 3.8) is 0 Å². The summed E-state index contributed by atoms with van der Waals surface area (Å²) in [4.78, 5) is 23.1. The third-order valence-corrected chi connectivity index (χ3v) is 3.50. The maximum absolute atomic E-state index is 12.0. The molecule has 0 bridgehead atoms. The van der Waals surface area contributed by atoms with Crippen LogP contribution >= 0.6 is 0 Å². The van der Waals surface area contributed by atoms with Gasteiger partial charge in [-0.05, 0) is 17.7 Å². The van der Waals surface area contributed by atoms with Crippen LogP contribution in [0.4, 0.5) is 0 Å². The standard InChI is InChI=1S/C18H15NO4/c20-16-10-9-14-7-4-8-15(18(14)19(16)11-17(21)22)23-12-13-5-2-1-3-6-13/h1-10H,11-12H2,(H,21,22). The number of carboxylic acid groups (broad SMARTS) is 1. The van der Waals surface area contributed by atoms with Crippen molar-refractivity contribution in [2.75, 3.05) is 0 Å². The van der Waals surface area contributed by atoms with E-state index in [0.717, 1.165) is 10.9 Å². The Labute approximate surface area is 132 Å². The fourth-order valence-corrected chi connectivity index (χ4v) is 2.47. The molecule has 0 saturated heterocycles. The number of rotatable bonds is 5. The summed E-state index contributed by atoms with van der Waals surface area (Å²) in [5.74, 6) is -0.581. The van der Waals surface area contributed by atoms with E-state index in [0.29, 0.717) is 17.9 Å². The van der Waals surface area contributed by atoms with Gasteiger partial charge in [0, 0.05) is 11.5 Å². The first kappa shape index (κ1) is 14.8. The Balaban J connectivity index is 2.04. The summed E-state index contributed by atoms with van der Waals surface area (Å²) in [5.41, 5.74) is 1.13. The smallest absolute Gasteiger partial charge is 0.323 e. The van der Waals surface area contributed by atoms with E-state index >= 15 is 0 Å². The molecule has 5 heteroatoms. The molecule has 0 atom stereocenters. The normalized spacial score (nSPS) is 10.6. The summed E-state index contributed by atoms with van der Waals surface area (Å²) < 4.78 is 7.05. The van der Waals surface area contributed by atoms with Crippen LogP contribution in [0.1, 0.15) is 5.56 Å². The maximum atomic E-state index is 12.0. The molecule has 2 aromatic carbocycles. The number of hydrogen-bond acceptors (Lipinski definition) is 3. The maximum Gasteiger partial charge on any atom is 0.323 e. The Morgan fingerprint density at radius 1 is 1.00 bits per heavy atom. The second kappa shape index (κ2) is 6.36. The zero-order valence-electron chi connectivity index (χ0n) is 12.3. The number of aromatic nitrogens is 1. The van der Waals surface area contributed by atoms with Crippen molar-refractivity contribution in [3.05, 3.63) is 76.6 Å². The lowest BCUT2D eigenvalue weighted by Crippen LogP contribution is -2.23. The van der Waals surface area contributed by atoms with Crippen molar-refractivity contribution >= 4 is 16.9 Å². The van der Waals surface area contributed by atoms with E-state index in [-0.39, 0.29) is 5.56 Å². The number of pyridine rings is 1. The van der Waals surface area contributed by atoms with Crippen molar-refractivity contribution in [2.45, 2.75) is 13.2 Å². The zero-order chi connectivity index (χ0) is 16.2. The summed E-state index contributed by atoms with van der Waals surface area (Å²) in [7, 11) is 0. The number of carbonyl (C=O) groups is 1. The fourth-order valence-electron chi connectivity index (χ4n) is 2.47. The first-order chi connectivity index (χ1) is 11.1. The van der Waals surface area contributed by atoms with E-state index in [1.807, 2.05) is 42.5 Å².